The first-order valence-corrected chi connectivity index (χ1v) is 8.72. The van der Waals surface area contributed by atoms with E-state index < -0.39 is 0 Å². The molecule has 1 fully saturated rings. The summed E-state index contributed by atoms with van der Waals surface area (Å²) in [7, 11) is 0. The van der Waals surface area contributed by atoms with Gasteiger partial charge in [0.1, 0.15) is 5.69 Å². The Morgan fingerprint density at radius 3 is 3.00 bits per heavy atom. The van der Waals surface area contributed by atoms with E-state index in [4.69, 9.17) is 4.98 Å². The molecule has 0 spiro atoms. The SMILES string of the molecule is CCc1csc([C@H]2CCCN(C(=O)c3cccc(C)n3)C2)n1. The molecule has 1 atom stereocenters. The van der Waals surface area contributed by atoms with Crippen molar-refractivity contribution in [3.05, 3.63) is 45.7 Å². The fourth-order valence-corrected chi connectivity index (χ4v) is 3.89. The van der Waals surface area contributed by atoms with E-state index in [1.807, 2.05) is 24.0 Å². The number of amides is 1. The molecular weight excluding hydrogens is 294 g/mol. The summed E-state index contributed by atoms with van der Waals surface area (Å²) < 4.78 is 0. The number of thiazole rings is 1. The van der Waals surface area contributed by atoms with Crippen LogP contribution in [0.25, 0.3) is 0 Å². The Morgan fingerprint density at radius 2 is 2.27 bits per heavy atom. The van der Waals surface area contributed by atoms with Crippen molar-refractivity contribution in [3.8, 4) is 0 Å². The Morgan fingerprint density at radius 1 is 1.41 bits per heavy atom. The summed E-state index contributed by atoms with van der Waals surface area (Å²) in [4.78, 5) is 23.6. The zero-order valence-electron chi connectivity index (χ0n) is 13.1. The van der Waals surface area contributed by atoms with Crippen molar-refractivity contribution in [1.29, 1.82) is 0 Å². The van der Waals surface area contributed by atoms with E-state index in [1.54, 1.807) is 17.4 Å². The van der Waals surface area contributed by atoms with E-state index in [0.29, 0.717) is 11.6 Å². The van der Waals surface area contributed by atoms with Gasteiger partial charge in [-0.3, -0.25) is 4.79 Å². The van der Waals surface area contributed by atoms with Crippen molar-refractivity contribution in [1.82, 2.24) is 14.9 Å². The lowest BCUT2D eigenvalue weighted by atomic mass is 9.98. The second-order valence-corrected chi connectivity index (χ2v) is 6.67. The Kier molecular flexibility index (Phi) is 4.52. The Balaban J connectivity index is 1.73. The van der Waals surface area contributed by atoms with Crippen LogP contribution in [0.15, 0.2) is 23.6 Å². The fraction of sp³-hybridized carbons (Fsp3) is 0.471. The molecule has 0 radical (unpaired) electrons. The number of rotatable bonds is 3. The minimum absolute atomic E-state index is 0.0423. The number of aryl methyl sites for hydroxylation is 2. The van der Waals surface area contributed by atoms with E-state index in [9.17, 15) is 4.79 Å². The molecule has 0 bridgehead atoms. The summed E-state index contributed by atoms with van der Waals surface area (Å²) >= 11 is 1.73. The lowest BCUT2D eigenvalue weighted by Gasteiger charge is -2.31. The lowest BCUT2D eigenvalue weighted by Crippen LogP contribution is -2.39. The highest BCUT2D eigenvalue weighted by atomic mass is 32.1. The van der Waals surface area contributed by atoms with E-state index in [1.165, 1.54) is 5.01 Å². The second-order valence-electron chi connectivity index (χ2n) is 5.79. The summed E-state index contributed by atoms with van der Waals surface area (Å²) in [6.45, 7) is 5.61. The van der Waals surface area contributed by atoms with Gasteiger partial charge in [-0.05, 0) is 38.3 Å². The van der Waals surface area contributed by atoms with Gasteiger partial charge >= 0.3 is 0 Å². The first-order valence-electron chi connectivity index (χ1n) is 7.84. The average molecular weight is 315 g/mol. The standard InChI is InChI=1S/C17H21N3OS/c1-3-14-11-22-16(19-14)13-7-5-9-20(10-13)17(21)15-8-4-6-12(2)18-15/h4,6,8,11,13H,3,5,7,9-10H2,1-2H3/t13-/m0/s1. The Hall–Kier alpha value is -1.75. The summed E-state index contributed by atoms with van der Waals surface area (Å²) in [5.74, 6) is 0.411. The van der Waals surface area contributed by atoms with Gasteiger partial charge in [0.25, 0.3) is 5.91 Å². The molecule has 0 aromatic carbocycles. The van der Waals surface area contributed by atoms with Crippen molar-refractivity contribution < 1.29 is 4.79 Å². The van der Waals surface area contributed by atoms with Gasteiger partial charge in [-0.2, -0.15) is 0 Å². The topological polar surface area (TPSA) is 46.1 Å². The number of hydrogen-bond acceptors (Lipinski definition) is 4. The predicted octanol–water partition coefficient (Wildman–Crippen LogP) is 3.43. The second kappa shape index (κ2) is 6.57. The van der Waals surface area contributed by atoms with Crippen LogP contribution in [0, 0.1) is 6.92 Å². The molecule has 1 aliphatic rings. The normalized spacial score (nSPS) is 18.5. The molecule has 116 valence electrons. The quantitative estimate of drug-likeness (QED) is 0.872. The van der Waals surface area contributed by atoms with E-state index in [-0.39, 0.29) is 5.91 Å². The summed E-state index contributed by atoms with van der Waals surface area (Å²) in [5, 5.41) is 3.31. The Bertz CT molecular complexity index is 667. The van der Waals surface area contributed by atoms with Crippen LogP contribution < -0.4 is 0 Å². The van der Waals surface area contributed by atoms with Gasteiger partial charge in [0.15, 0.2) is 0 Å². The van der Waals surface area contributed by atoms with Gasteiger partial charge in [0.2, 0.25) is 0 Å². The van der Waals surface area contributed by atoms with Crippen molar-refractivity contribution in [2.24, 2.45) is 0 Å². The summed E-state index contributed by atoms with van der Waals surface area (Å²) in [5.41, 5.74) is 2.59. The van der Waals surface area contributed by atoms with Crippen molar-refractivity contribution >= 4 is 17.2 Å². The maximum atomic E-state index is 12.6. The molecule has 0 N–H and O–H groups in total. The number of aromatic nitrogens is 2. The highest BCUT2D eigenvalue weighted by molar-refractivity contribution is 7.09. The van der Waals surface area contributed by atoms with E-state index >= 15 is 0 Å². The van der Waals surface area contributed by atoms with Crippen molar-refractivity contribution in [2.75, 3.05) is 13.1 Å². The predicted molar refractivity (Wildman–Crippen MR) is 88.3 cm³/mol. The highest BCUT2D eigenvalue weighted by Gasteiger charge is 2.27. The fourth-order valence-electron chi connectivity index (χ4n) is 2.86. The molecule has 4 nitrogen and oxygen atoms in total. The van der Waals surface area contributed by atoms with E-state index in [0.717, 1.165) is 43.7 Å². The van der Waals surface area contributed by atoms with Gasteiger partial charge in [-0.1, -0.05) is 13.0 Å². The minimum Gasteiger partial charge on any atom is -0.337 e. The maximum Gasteiger partial charge on any atom is 0.272 e. The molecule has 5 heteroatoms. The van der Waals surface area contributed by atoms with Crippen molar-refractivity contribution in [2.45, 2.75) is 39.0 Å². The van der Waals surface area contributed by atoms with E-state index in [2.05, 4.69) is 17.3 Å². The molecule has 3 rings (SSSR count). The van der Waals surface area contributed by atoms with Crippen LogP contribution in [-0.2, 0) is 6.42 Å². The molecule has 2 aromatic heterocycles. The third-order valence-corrected chi connectivity index (χ3v) is 5.15. The van der Waals surface area contributed by atoms with Gasteiger partial charge in [0.05, 0.1) is 10.7 Å². The van der Waals surface area contributed by atoms with Crippen LogP contribution in [0.4, 0.5) is 0 Å². The monoisotopic (exact) mass is 315 g/mol. The van der Waals surface area contributed by atoms with Crippen LogP contribution in [0.2, 0.25) is 0 Å². The highest BCUT2D eigenvalue weighted by Crippen LogP contribution is 2.29. The van der Waals surface area contributed by atoms with Crippen LogP contribution in [-0.4, -0.2) is 33.9 Å². The van der Waals surface area contributed by atoms with Gasteiger partial charge in [-0.15, -0.1) is 11.3 Å². The number of hydrogen-bond donors (Lipinski definition) is 0. The van der Waals surface area contributed by atoms with Crippen LogP contribution >= 0.6 is 11.3 Å². The molecule has 22 heavy (non-hydrogen) atoms. The van der Waals surface area contributed by atoms with Crippen molar-refractivity contribution in [3.63, 3.8) is 0 Å². The molecular formula is C17H21N3OS. The molecule has 0 saturated carbocycles. The zero-order valence-corrected chi connectivity index (χ0v) is 13.9. The Labute approximate surface area is 135 Å². The van der Waals surface area contributed by atoms with Crippen LogP contribution in [0.3, 0.4) is 0 Å². The number of piperidine rings is 1. The smallest absolute Gasteiger partial charge is 0.272 e. The largest absolute Gasteiger partial charge is 0.337 e. The molecule has 3 heterocycles. The molecule has 1 amide bonds. The summed E-state index contributed by atoms with van der Waals surface area (Å²) in [6.07, 6.45) is 3.12. The maximum absolute atomic E-state index is 12.6. The number of pyridine rings is 1. The average Bonchev–Trinajstić information content (AvgIpc) is 3.03. The molecule has 2 aromatic rings. The lowest BCUT2D eigenvalue weighted by molar-refractivity contribution is 0.0701. The number of likely N-dealkylation sites (tertiary alicyclic amines) is 1. The van der Waals surface area contributed by atoms with Gasteiger partial charge in [-0.25, -0.2) is 9.97 Å². The molecule has 0 unspecified atom stereocenters. The first kappa shape index (κ1) is 15.2. The van der Waals surface area contributed by atoms with Gasteiger partial charge in [0, 0.05) is 30.1 Å². The molecule has 1 aliphatic heterocycles. The minimum atomic E-state index is 0.0423. The summed E-state index contributed by atoms with van der Waals surface area (Å²) in [6, 6.07) is 5.61. The third-order valence-electron chi connectivity index (χ3n) is 4.10. The number of carbonyl (C=O) groups excluding carboxylic acids is 1. The molecule has 0 aliphatic carbocycles. The molecule has 1 saturated heterocycles. The first-order chi connectivity index (χ1) is 10.7. The van der Waals surface area contributed by atoms with Crippen LogP contribution in [0.1, 0.15) is 52.6 Å². The van der Waals surface area contributed by atoms with Gasteiger partial charge < -0.3 is 4.90 Å². The number of nitrogens with zero attached hydrogens (tertiary/aromatic N) is 3. The van der Waals surface area contributed by atoms with Crippen LogP contribution in [0.5, 0.6) is 0 Å². The zero-order chi connectivity index (χ0) is 15.5. The third kappa shape index (κ3) is 3.19. The number of carbonyl (C=O) groups is 1.